The number of carbonyl (C=O) groups excluding carboxylic acids is 2. The van der Waals surface area contributed by atoms with Crippen molar-refractivity contribution in [1.82, 2.24) is 15.1 Å². The summed E-state index contributed by atoms with van der Waals surface area (Å²) in [6.07, 6.45) is 4.43. The van der Waals surface area contributed by atoms with Crippen LogP contribution in [0.4, 0.5) is 0 Å². The fraction of sp³-hybridized carbons (Fsp3) is 0.517. The molecule has 2 amide bonds. The van der Waals surface area contributed by atoms with Gasteiger partial charge in [-0.15, -0.1) is 0 Å². The van der Waals surface area contributed by atoms with Gasteiger partial charge in [0.15, 0.2) is 0 Å². The number of hydrogen-bond donors (Lipinski definition) is 2. The maximum absolute atomic E-state index is 13.9. The molecule has 0 saturated carbocycles. The van der Waals surface area contributed by atoms with Crippen molar-refractivity contribution < 1.29 is 9.59 Å². The minimum absolute atomic E-state index is 0.00167. The minimum Gasteiger partial charge on any atom is -0.340 e. The van der Waals surface area contributed by atoms with E-state index in [0.717, 1.165) is 38.8 Å². The van der Waals surface area contributed by atoms with E-state index >= 15 is 0 Å². The molecular weight excluding hydrogens is 436 g/mol. The summed E-state index contributed by atoms with van der Waals surface area (Å²) in [7, 11) is 0. The lowest BCUT2D eigenvalue weighted by molar-refractivity contribution is -0.144. The number of nitrogens with one attached hydrogen (secondary N) is 1. The van der Waals surface area contributed by atoms with Crippen molar-refractivity contribution in [3.8, 4) is 0 Å². The molecular formula is C29H38N4O2. The van der Waals surface area contributed by atoms with Crippen molar-refractivity contribution in [1.29, 1.82) is 0 Å². The van der Waals surface area contributed by atoms with Crippen LogP contribution in [0.1, 0.15) is 62.0 Å². The highest BCUT2D eigenvalue weighted by atomic mass is 16.2. The Morgan fingerprint density at radius 3 is 2.20 bits per heavy atom. The number of nitrogens with two attached hydrogens (primary N) is 1. The molecule has 3 aliphatic heterocycles. The summed E-state index contributed by atoms with van der Waals surface area (Å²) in [4.78, 5) is 31.6. The molecule has 186 valence electrons. The summed E-state index contributed by atoms with van der Waals surface area (Å²) >= 11 is 0. The van der Waals surface area contributed by atoms with Crippen LogP contribution >= 0.6 is 0 Å². The Hall–Kier alpha value is -2.70. The molecule has 2 aromatic carbocycles. The second kappa shape index (κ2) is 10.5. The van der Waals surface area contributed by atoms with Gasteiger partial charge in [0.25, 0.3) is 0 Å². The number of likely N-dealkylation sites (tertiary alicyclic amines) is 2. The lowest BCUT2D eigenvalue weighted by Crippen LogP contribution is -2.58. The third-order valence-electron chi connectivity index (χ3n) is 8.27. The summed E-state index contributed by atoms with van der Waals surface area (Å²) in [5.41, 5.74) is 8.64. The van der Waals surface area contributed by atoms with Gasteiger partial charge in [-0.25, -0.2) is 0 Å². The zero-order valence-corrected chi connectivity index (χ0v) is 20.7. The van der Waals surface area contributed by atoms with E-state index in [0.29, 0.717) is 18.9 Å². The molecule has 3 aliphatic rings. The van der Waals surface area contributed by atoms with Crippen LogP contribution in [0.3, 0.4) is 0 Å². The number of piperidine rings is 1. The Labute approximate surface area is 208 Å². The molecule has 2 aromatic rings. The van der Waals surface area contributed by atoms with E-state index in [-0.39, 0.29) is 35.9 Å². The maximum Gasteiger partial charge on any atom is 0.245 e. The van der Waals surface area contributed by atoms with Gasteiger partial charge in [-0.2, -0.15) is 0 Å². The Morgan fingerprint density at radius 1 is 0.886 bits per heavy atom. The van der Waals surface area contributed by atoms with E-state index in [1.165, 1.54) is 11.1 Å². The van der Waals surface area contributed by atoms with E-state index in [9.17, 15) is 9.59 Å². The average Bonchev–Trinajstić information content (AvgIpc) is 3.57. The lowest BCUT2D eigenvalue weighted by Gasteiger charge is -2.36. The van der Waals surface area contributed by atoms with Crippen LogP contribution in [0, 0.1) is 0 Å². The van der Waals surface area contributed by atoms with Crippen molar-refractivity contribution >= 4 is 11.8 Å². The molecule has 0 bridgehead atoms. The molecule has 6 atom stereocenters. The van der Waals surface area contributed by atoms with E-state index in [1.54, 1.807) is 0 Å². The minimum atomic E-state index is -0.403. The van der Waals surface area contributed by atoms with Gasteiger partial charge in [0.05, 0.1) is 6.04 Å². The van der Waals surface area contributed by atoms with Gasteiger partial charge < -0.3 is 20.9 Å². The Morgan fingerprint density at radius 2 is 1.54 bits per heavy atom. The molecule has 2 unspecified atom stereocenters. The van der Waals surface area contributed by atoms with E-state index in [4.69, 9.17) is 5.73 Å². The summed E-state index contributed by atoms with van der Waals surface area (Å²) in [6, 6.07) is 20.3. The Balaban J connectivity index is 1.34. The number of benzene rings is 2. The topological polar surface area (TPSA) is 78.7 Å². The van der Waals surface area contributed by atoms with Crippen LogP contribution < -0.4 is 11.1 Å². The number of nitrogens with zero attached hydrogens (tertiary/aromatic N) is 2. The fourth-order valence-electron chi connectivity index (χ4n) is 6.23. The Bertz CT molecular complexity index is 1010. The van der Waals surface area contributed by atoms with Gasteiger partial charge in [-0.1, -0.05) is 60.7 Å². The molecule has 0 aliphatic carbocycles. The highest BCUT2D eigenvalue weighted by molar-refractivity contribution is 5.91. The first-order chi connectivity index (χ1) is 17.0. The SMILES string of the molecule is CC(N)[C@H]1CCCC(C(=O)N2C[C@@H](c3ccccc3)C[C@H]2C(=O)N2CC[C@H](c3ccccc3)C2)N1. The standard InChI is InChI=1S/C29H38N4O2/c1-20(30)25-13-8-14-26(31-25)28(34)33-19-24(22-11-6-3-7-12-22)17-27(33)29(35)32-16-15-23(18-32)21-9-4-2-5-10-21/h2-7,9-12,20,23-27,31H,8,13-19,30H2,1H3/t20?,23-,24-,25+,26?,27-/m0/s1. The van der Waals surface area contributed by atoms with Crippen LogP contribution in [0.5, 0.6) is 0 Å². The first kappa shape index (κ1) is 24.0. The number of hydrogen-bond acceptors (Lipinski definition) is 4. The average molecular weight is 475 g/mol. The van der Waals surface area contributed by atoms with Gasteiger partial charge in [0.2, 0.25) is 11.8 Å². The summed E-state index contributed by atoms with van der Waals surface area (Å²) in [5.74, 6) is 0.706. The molecule has 3 N–H and O–H groups in total. The smallest absolute Gasteiger partial charge is 0.245 e. The van der Waals surface area contributed by atoms with Crippen LogP contribution in [0.2, 0.25) is 0 Å². The lowest BCUT2D eigenvalue weighted by atomic mass is 9.94. The zero-order chi connectivity index (χ0) is 24.4. The molecule has 6 heteroatoms. The maximum atomic E-state index is 13.9. The third kappa shape index (κ3) is 5.14. The fourth-order valence-corrected chi connectivity index (χ4v) is 6.23. The first-order valence-electron chi connectivity index (χ1n) is 13.2. The number of rotatable bonds is 5. The summed E-state index contributed by atoms with van der Waals surface area (Å²) < 4.78 is 0. The summed E-state index contributed by atoms with van der Waals surface area (Å²) in [6.45, 7) is 4.07. The van der Waals surface area contributed by atoms with E-state index in [2.05, 4.69) is 41.7 Å². The van der Waals surface area contributed by atoms with Gasteiger partial charge in [-0.3, -0.25) is 9.59 Å². The largest absolute Gasteiger partial charge is 0.340 e. The number of carbonyl (C=O) groups is 2. The molecule has 3 saturated heterocycles. The van der Waals surface area contributed by atoms with Crippen molar-refractivity contribution in [3.63, 3.8) is 0 Å². The molecule has 5 rings (SSSR count). The van der Waals surface area contributed by atoms with Gasteiger partial charge in [-0.05, 0) is 50.2 Å². The highest BCUT2D eigenvalue weighted by Gasteiger charge is 2.45. The molecule has 0 aromatic heterocycles. The molecule has 3 fully saturated rings. The van der Waals surface area contributed by atoms with Gasteiger partial charge in [0.1, 0.15) is 6.04 Å². The third-order valence-corrected chi connectivity index (χ3v) is 8.27. The first-order valence-corrected chi connectivity index (χ1v) is 13.2. The van der Waals surface area contributed by atoms with Crippen LogP contribution in [0.15, 0.2) is 60.7 Å². The molecule has 3 heterocycles. The van der Waals surface area contributed by atoms with Crippen molar-refractivity contribution in [2.45, 2.75) is 75.0 Å². The predicted molar refractivity (Wildman–Crippen MR) is 138 cm³/mol. The predicted octanol–water partition coefficient (Wildman–Crippen LogP) is 3.25. The molecule has 35 heavy (non-hydrogen) atoms. The van der Waals surface area contributed by atoms with E-state index < -0.39 is 6.04 Å². The second-order valence-corrected chi connectivity index (χ2v) is 10.6. The van der Waals surface area contributed by atoms with Crippen molar-refractivity contribution in [2.75, 3.05) is 19.6 Å². The molecule has 0 radical (unpaired) electrons. The number of amides is 2. The van der Waals surface area contributed by atoms with E-state index in [1.807, 2.05) is 41.0 Å². The monoisotopic (exact) mass is 474 g/mol. The second-order valence-electron chi connectivity index (χ2n) is 10.6. The zero-order valence-electron chi connectivity index (χ0n) is 20.7. The Kier molecular flexibility index (Phi) is 7.21. The summed E-state index contributed by atoms with van der Waals surface area (Å²) in [5, 5.41) is 3.50. The van der Waals surface area contributed by atoms with Gasteiger partial charge in [0, 0.05) is 43.6 Å². The quantitative estimate of drug-likeness (QED) is 0.697. The van der Waals surface area contributed by atoms with Crippen molar-refractivity contribution in [2.24, 2.45) is 5.73 Å². The molecule has 6 nitrogen and oxygen atoms in total. The van der Waals surface area contributed by atoms with Crippen molar-refractivity contribution in [3.05, 3.63) is 71.8 Å². The van der Waals surface area contributed by atoms with Crippen LogP contribution in [0.25, 0.3) is 0 Å². The van der Waals surface area contributed by atoms with Crippen LogP contribution in [-0.4, -0.2) is 65.4 Å². The van der Waals surface area contributed by atoms with Crippen LogP contribution in [-0.2, 0) is 9.59 Å². The van der Waals surface area contributed by atoms with Gasteiger partial charge >= 0.3 is 0 Å². The normalized spacial score (nSPS) is 29.8. The highest BCUT2D eigenvalue weighted by Crippen LogP contribution is 2.36. The molecule has 0 spiro atoms.